The van der Waals surface area contributed by atoms with Crippen molar-refractivity contribution in [2.45, 2.75) is 32.2 Å². The quantitative estimate of drug-likeness (QED) is 0.777. The van der Waals surface area contributed by atoms with Gasteiger partial charge < -0.3 is 9.73 Å². The molecule has 2 aromatic carbocycles. The lowest BCUT2D eigenvalue weighted by atomic mass is 10.0. The molecule has 24 heavy (non-hydrogen) atoms. The van der Waals surface area contributed by atoms with E-state index in [9.17, 15) is 4.79 Å². The van der Waals surface area contributed by atoms with Crippen molar-refractivity contribution in [3.8, 4) is 0 Å². The maximum atomic E-state index is 12.4. The third-order valence-corrected chi connectivity index (χ3v) is 4.95. The number of nitrogens with one attached hydrogen (secondary N) is 1. The number of fused-ring (bicyclic) bond motifs is 3. The Labute approximate surface area is 141 Å². The third kappa shape index (κ3) is 2.89. The summed E-state index contributed by atoms with van der Waals surface area (Å²) in [6, 6.07) is 14.3. The van der Waals surface area contributed by atoms with Crippen LogP contribution in [-0.2, 0) is 4.79 Å². The summed E-state index contributed by atoms with van der Waals surface area (Å²) in [5.41, 5.74) is 2.54. The van der Waals surface area contributed by atoms with Crippen molar-refractivity contribution in [2.24, 2.45) is 0 Å². The second-order valence-electron chi connectivity index (χ2n) is 6.67. The van der Waals surface area contributed by atoms with Gasteiger partial charge in [-0.3, -0.25) is 9.69 Å². The molecule has 0 bridgehead atoms. The van der Waals surface area contributed by atoms with Crippen LogP contribution in [0.1, 0.15) is 26.2 Å². The lowest BCUT2D eigenvalue weighted by Gasteiger charge is -2.32. The van der Waals surface area contributed by atoms with Crippen molar-refractivity contribution in [1.82, 2.24) is 4.90 Å². The van der Waals surface area contributed by atoms with Crippen LogP contribution in [0.4, 0.5) is 5.69 Å². The lowest BCUT2D eigenvalue weighted by molar-refractivity contribution is -0.118. The molecule has 124 valence electrons. The molecule has 1 aliphatic heterocycles. The van der Waals surface area contributed by atoms with E-state index in [-0.39, 0.29) is 5.91 Å². The van der Waals surface area contributed by atoms with E-state index >= 15 is 0 Å². The molecule has 4 rings (SSSR count). The fraction of sp³-hybridized carbons (Fsp3) is 0.350. The molecule has 4 heteroatoms. The van der Waals surface area contributed by atoms with Crippen LogP contribution >= 0.6 is 0 Å². The SMILES string of the molecule is C[C@H]1CCCCN1CC(=O)Nc1ccc2oc3ccccc3c2c1. The molecule has 1 amide bonds. The minimum Gasteiger partial charge on any atom is -0.456 e. The number of carbonyl (C=O) groups is 1. The van der Waals surface area contributed by atoms with Gasteiger partial charge in [-0.2, -0.15) is 0 Å². The van der Waals surface area contributed by atoms with Gasteiger partial charge >= 0.3 is 0 Å². The van der Waals surface area contributed by atoms with Gasteiger partial charge in [-0.15, -0.1) is 0 Å². The Bertz CT molecular complexity index is 884. The maximum Gasteiger partial charge on any atom is 0.238 e. The summed E-state index contributed by atoms with van der Waals surface area (Å²) >= 11 is 0. The predicted molar refractivity (Wildman–Crippen MR) is 97.2 cm³/mol. The van der Waals surface area contributed by atoms with Gasteiger partial charge in [0.2, 0.25) is 5.91 Å². The van der Waals surface area contributed by atoms with E-state index in [0.29, 0.717) is 12.6 Å². The second kappa shape index (κ2) is 6.29. The minimum absolute atomic E-state index is 0.0518. The van der Waals surface area contributed by atoms with Crippen molar-refractivity contribution in [1.29, 1.82) is 0 Å². The fourth-order valence-corrected chi connectivity index (χ4v) is 3.58. The molecule has 3 aromatic rings. The van der Waals surface area contributed by atoms with Gasteiger partial charge in [0.1, 0.15) is 11.2 Å². The Kier molecular flexibility index (Phi) is 3.98. The Morgan fingerprint density at radius 1 is 1.17 bits per heavy atom. The molecule has 1 N–H and O–H groups in total. The number of furan rings is 1. The average Bonchev–Trinajstić information content (AvgIpc) is 2.95. The number of benzene rings is 2. The van der Waals surface area contributed by atoms with E-state index < -0.39 is 0 Å². The summed E-state index contributed by atoms with van der Waals surface area (Å²) in [6.07, 6.45) is 3.63. The van der Waals surface area contributed by atoms with Crippen LogP contribution in [0.2, 0.25) is 0 Å². The highest BCUT2D eigenvalue weighted by Gasteiger charge is 2.20. The molecule has 0 radical (unpaired) electrons. The third-order valence-electron chi connectivity index (χ3n) is 4.95. The number of rotatable bonds is 3. The Morgan fingerprint density at radius 2 is 2.00 bits per heavy atom. The molecule has 0 saturated carbocycles. The summed E-state index contributed by atoms with van der Waals surface area (Å²) in [7, 11) is 0. The predicted octanol–water partition coefficient (Wildman–Crippen LogP) is 4.40. The normalized spacial score (nSPS) is 19.0. The van der Waals surface area contributed by atoms with Crippen molar-refractivity contribution < 1.29 is 9.21 Å². The van der Waals surface area contributed by atoms with E-state index in [0.717, 1.165) is 34.2 Å². The number of likely N-dealkylation sites (tertiary alicyclic amines) is 1. The first kappa shape index (κ1) is 15.2. The number of piperidine rings is 1. The van der Waals surface area contributed by atoms with Crippen LogP contribution in [0.15, 0.2) is 46.9 Å². The Balaban J connectivity index is 1.53. The Morgan fingerprint density at radius 3 is 2.88 bits per heavy atom. The minimum atomic E-state index is 0.0518. The summed E-state index contributed by atoms with van der Waals surface area (Å²) in [5.74, 6) is 0.0518. The standard InChI is InChI=1S/C20H22N2O2/c1-14-6-4-5-11-22(14)13-20(23)21-15-9-10-19-17(12-15)16-7-2-3-8-18(16)24-19/h2-3,7-10,12,14H,4-6,11,13H2,1H3,(H,21,23)/t14-/m0/s1. The van der Waals surface area contributed by atoms with Gasteiger partial charge in [-0.05, 0) is 50.6 Å². The molecule has 0 unspecified atom stereocenters. The molecule has 2 heterocycles. The van der Waals surface area contributed by atoms with Gasteiger partial charge in [0.05, 0.1) is 6.54 Å². The van der Waals surface area contributed by atoms with Gasteiger partial charge in [-0.25, -0.2) is 0 Å². The molecule has 1 fully saturated rings. The van der Waals surface area contributed by atoms with Gasteiger partial charge in [-0.1, -0.05) is 24.6 Å². The molecular weight excluding hydrogens is 300 g/mol. The smallest absolute Gasteiger partial charge is 0.238 e. The number of nitrogens with zero attached hydrogens (tertiary/aromatic N) is 1. The zero-order chi connectivity index (χ0) is 16.5. The van der Waals surface area contributed by atoms with E-state index in [2.05, 4.69) is 17.1 Å². The van der Waals surface area contributed by atoms with Crippen molar-refractivity contribution in [3.63, 3.8) is 0 Å². The first-order valence-corrected chi connectivity index (χ1v) is 8.66. The maximum absolute atomic E-state index is 12.4. The number of carbonyl (C=O) groups excluding carboxylic acids is 1. The Hall–Kier alpha value is -2.33. The summed E-state index contributed by atoms with van der Waals surface area (Å²) in [5, 5.41) is 5.15. The number of anilines is 1. The molecule has 1 aliphatic rings. The summed E-state index contributed by atoms with van der Waals surface area (Å²) in [4.78, 5) is 14.7. The van der Waals surface area contributed by atoms with E-state index in [1.165, 1.54) is 19.3 Å². The van der Waals surface area contributed by atoms with Crippen LogP contribution in [0.5, 0.6) is 0 Å². The highest BCUT2D eigenvalue weighted by molar-refractivity contribution is 6.07. The molecular formula is C20H22N2O2. The van der Waals surface area contributed by atoms with Crippen molar-refractivity contribution in [3.05, 3.63) is 42.5 Å². The zero-order valence-electron chi connectivity index (χ0n) is 13.9. The second-order valence-corrected chi connectivity index (χ2v) is 6.67. The topological polar surface area (TPSA) is 45.5 Å². The largest absolute Gasteiger partial charge is 0.456 e. The number of amides is 1. The lowest BCUT2D eigenvalue weighted by Crippen LogP contribution is -2.42. The monoisotopic (exact) mass is 322 g/mol. The van der Waals surface area contributed by atoms with Gasteiger partial charge in [0, 0.05) is 22.5 Å². The summed E-state index contributed by atoms with van der Waals surface area (Å²) in [6.45, 7) is 3.68. The molecule has 0 spiro atoms. The van der Waals surface area contributed by atoms with Gasteiger partial charge in [0.15, 0.2) is 0 Å². The molecule has 0 aliphatic carbocycles. The van der Waals surface area contributed by atoms with Crippen molar-refractivity contribution in [2.75, 3.05) is 18.4 Å². The van der Waals surface area contributed by atoms with Crippen molar-refractivity contribution >= 4 is 33.5 Å². The van der Waals surface area contributed by atoms with Crippen LogP contribution in [0.25, 0.3) is 21.9 Å². The molecule has 1 atom stereocenters. The van der Waals surface area contributed by atoms with Crippen LogP contribution < -0.4 is 5.32 Å². The molecule has 1 aromatic heterocycles. The first-order valence-electron chi connectivity index (χ1n) is 8.66. The number of hydrogen-bond acceptors (Lipinski definition) is 3. The number of hydrogen-bond donors (Lipinski definition) is 1. The summed E-state index contributed by atoms with van der Waals surface area (Å²) < 4.78 is 5.83. The van der Waals surface area contributed by atoms with Crippen LogP contribution in [0.3, 0.4) is 0 Å². The first-order chi connectivity index (χ1) is 11.7. The average molecular weight is 322 g/mol. The van der Waals surface area contributed by atoms with E-state index in [1.807, 2.05) is 42.5 Å². The van der Waals surface area contributed by atoms with Crippen LogP contribution in [-0.4, -0.2) is 29.9 Å². The number of para-hydroxylation sites is 1. The fourth-order valence-electron chi connectivity index (χ4n) is 3.58. The molecule has 1 saturated heterocycles. The van der Waals surface area contributed by atoms with Crippen LogP contribution in [0, 0.1) is 0 Å². The zero-order valence-corrected chi connectivity index (χ0v) is 13.9. The molecule has 4 nitrogen and oxygen atoms in total. The highest BCUT2D eigenvalue weighted by Crippen LogP contribution is 2.30. The van der Waals surface area contributed by atoms with E-state index in [1.54, 1.807) is 0 Å². The highest BCUT2D eigenvalue weighted by atomic mass is 16.3. The van der Waals surface area contributed by atoms with E-state index in [4.69, 9.17) is 4.42 Å². The van der Waals surface area contributed by atoms with Gasteiger partial charge in [0.25, 0.3) is 0 Å².